The molecule has 0 atom stereocenters. The predicted octanol–water partition coefficient (Wildman–Crippen LogP) is 1.84. The number of nitriles is 1. The first kappa shape index (κ1) is 12.4. The van der Waals surface area contributed by atoms with Crippen LogP contribution in [0.2, 0.25) is 0 Å². The maximum absolute atomic E-state index is 11.9. The van der Waals surface area contributed by atoms with Crippen LogP contribution in [0.25, 0.3) is 0 Å². The fourth-order valence-corrected chi connectivity index (χ4v) is 1.64. The molecule has 0 spiro atoms. The van der Waals surface area contributed by atoms with Gasteiger partial charge in [-0.3, -0.25) is 9.89 Å². The molecule has 0 aliphatic rings. The van der Waals surface area contributed by atoms with Crippen LogP contribution in [0.3, 0.4) is 0 Å². The molecule has 0 radical (unpaired) electrons. The smallest absolute Gasteiger partial charge is 0.256 e. The zero-order valence-corrected chi connectivity index (χ0v) is 11.1. The van der Waals surface area contributed by atoms with E-state index in [0.29, 0.717) is 9.13 Å². The van der Waals surface area contributed by atoms with Crippen LogP contribution in [0.4, 0.5) is 5.82 Å². The zero-order chi connectivity index (χ0) is 13.1. The molecule has 7 heteroatoms. The molecule has 0 unspecified atom stereocenters. The molecule has 0 fully saturated rings. The number of benzene rings is 1. The second-order valence-electron chi connectivity index (χ2n) is 3.39. The minimum atomic E-state index is -0.428. The summed E-state index contributed by atoms with van der Waals surface area (Å²) in [6.07, 6.45) is 1.32. The lowest BCUT2D eigenvalue weighted by molar-refractivity contribution is 0.102. The Bertz CT molecular complexity index is 645. The van der Waals surface area contributed by atoms with Crippen LogP contribution in [0.1, 0.15) is 15.9 Å². The number of halogens is 1. The van der Waals surface area contributed by atoms with Crippen LogP contribution in [0.5, 0.6) is 5.75 Å². The number of phenolic OH excluding ortho intramolecular Hbond substituents is 1. The molecule has 0 saturated heterocycles. The third kappa shape index (κ3) is 2.43. The lowest BCUT2D eigenvalue weighted by atomic mass is 10.2. The van der Waals surface area contributed by atoms with E-state index in [1.54, 1.807) is 12.1 Å². The van der Waals surface area contributed by atoms with Crippen molar-refractivity contribution in [2.45, 2.75) is 0 Å². The summed E-state index contributed by atoms with van der Waals surface area (Å²) >= 11 is 1.96. The third-order valence-corrected chi connectivity index (χ3v) is 3.12. The third-order valence-electron chi connectivity index (χ3n) is 2.21. The van der Waals surface area contributed by atoms with Gasteiger partial charge in [0.25, 0.3) is 5.91 Å². The van der Waals surface area contributed by atoms with Gasteiger partial charge in [0.1, 0.15) is 23.2 Å². The van der Waals surface area contributed by atoms with Gasteiger partial charge in [-0.2, -0.15) is 10.4 Å². The van der Waals surface area contributed by atoms with Gasteiger partial charge in [0, 0.05) is 5.56 Å². The highest BCUT2D eigenvalue weighted by molar-refractivity contribution is 14.1. The normalized spacial score (nSPS) is 9.78. The van der Waals surface area contributed by atoms with Gasteiger partial charge in [0.2, 0.25) is 0 Å². The Balaban J connectivity index is 2.23. The average Bonchev–Trinajstić information content (AvgIpc) is 2.79. The fraction of sp³-hybridized carbons (Fsp3) is 0. The predicted molar refractivity (Wildman–Crippen MR) is 72.1 cm³/mol. The minimum absolute atomic E-state index is 0.0355. The molecule has 1 aromatic carbocycles. The van der Waals surface area contributed by atoms with E-state index in [2.05, 4.69) is 15.5 Å². The largest absolute Gasteiger partial charge is 0.507 e. The van der Waals surface area contributed by atoms with Crippen molar-refractivity contribution in [2.24, 2.45) is 0 Å². The van der Waals surface area contributed by atoms with Crippen molar-refractivity contribution in [3.8, 4) is 11.8 Å². The molecule has 1 aromatic heterocycles. The molecule has 1 amide bonds. The number of aromatic hydroxyl groups is 1. The summed E-state index contributed by atoms with van der Waals surface area (Å²) in [7, 11) is 0. The van der Waals surface area contributed by atoms with E-state index < -0.39 is 5.91 Å². The van der Waals surface area contributed by atoms with Gasteiger partial charge in [-0.1, -0.05) is 0 Å². The van der Waals surface area contributed by atoms with Crippen molar-refractivity contribution in [1.82, 2.24) is 10.2 Å². The molecular weight excluding hydrogens is 347 g/mol. The van der Waals surface area contributed by atoms with E-state index in [1.165, 1.54) is 12.3 Å². The second-order valence-corrected chi connectivity index (χ2v) is 4.55. The minimum Gasteiger partial charge on any atom is -0.507 e. The number of aromatic amines is 1. The van der Waals surface area contributed by atoms with Crippen LogP contribution in [0.15, 0.2) is 24.4 Å². The van der Waals surface area contributed by atoms with Gasteiger partial charge in [0.15, 0.2) is 0 Å². The number of aromatic nitrogens is 2. The SMILES string of the molecule is N#Cc1cn[nH]c1NC(=O)c1ccc(I)c(O)c1. The molecule has 0 aliphatic carbocycles. The fourth-order valence-electron chi connectivity index (χ4n) is 1.31. The van der Waals surface area contributed by atoms with Crippen molar-refractivity contribution in [3.63, 3.8) is 0 Å². The first-order valence-corrected chi connectivity index (χ1v) is 5.93. The highest BCUT2D eigenvalue weighted by Crippen LogP contribution is 2.21. The van der Waals surface area contributed by atoms with Gasteiger partial charge in [0.05, 0.1) is 9.77 Å². The first-order chi connectivity index (χ1) is 8.61. The standard InChI is InChI=1S/C11H7IN4O2/c12-8-2-1-6(3-9(8)17)11(18)15-10-7(4-13)5-14-16-10/h1-3,5,17H,(H2,14,15,16,18). The van der Waals surface area contributed by atoms with Crippen LogP contribution in [0, 0.1) is 14.9 Å². The Morgan fingerprint density at radius 2 is 2.33 bits per heavy atom. The molecule has 2 aromatic rings. The molecule has 18 heavy (non-hydrogen) atoms. The average molecular weight is 354 g/mol. The molecule has 0 bridgehead atoms. The lowest BCUT2D eigenvalue weighted by Gasteiger charge is -2.04. The summed E-state index contributed by atoms with van der Waals surface area (Å²) in [4.78, 5) is 11.9. The number of hydrogen-bond acceptors (Lipinski definition) is 4. The molecule has 0 saturated carbocycles. The highest BCUT2D eigenvalue weighted by atomic mass is 127. The summed E-state index contributed by atoms with van der Waals surface area (Å²) in [5.74, 6) is -0.156. The number of rotatable bonds is 2. The van der Waals surface area contributed by atoms with Crippen LogP contribution in [-0.4, -0.2) is 21.2 Å². The Hall–Kier alpha value is -2.08. The number of nitrogens with zero attached hydrogens (tertiary/aromatic N) is 2. The van der Waals surface area contributed by atoms with E-state index in [9.17, 15) is 9.90 Å². The van der Waals surface area contributed by atoms with Crippen LogP contribution in [-0.2, 0) is 0 Å². The van der Waals surface area contributed by atoms with Crippen molar-refractivity contribution in [3.05, 3.63) is 39.1 Å². The summed E-state index contributed by atoms with van der Waals surface area (Å²) in [6.45, 7) is 0. The molecule has 3 N–H and O–H groups in total. The van der Waals surface area contributed by atoms with Gasteiger partial charge in [-0.15, -0.1) is 0 Å². The second kappa shape index (κ2) is 5.05. The van der Waals surface area contributed by atoms with Gasteiger partial charge in [-0.05, 0) is 40.8 Å². The lowest BCUT2D eigenvalue weighted by Crippen LogP contribution is -2.13. The van der Waals surface area contributed by atoms with E-state index in [0.717, 1.165) is 0 Å². The highest BCUT2D eigenvalue weighted by Gasteiger charge is 2.12. The first-order valence-electron chi connectivity index (χ1n) is 4.85. The number of carbonyl (C=O) groups excluding carboxylic acids is 1. The van der Waals surface area contributed by atoms with E-state index in [-0.39, 0.29) is 17.1 Å². The molecule has 1 heterocycles. The number of phenols is 1. The van der Waals surface area contributed by atoms with E-state index >= 15 is 0 Å². The summed E-state index contributed by atoms with van der Waals surface area (Å²) in [5.41, 5.74) is 0.546. The number of hydrogen-bond donors (Lipinski definition) is 3. The molecular formula is C11H7IN4O2. The molecule has 0 aliphatic heterocycles. The Morgan fingerprint density at radius 1 is 1.56 bits per heavy atom. The topological polar surface area (TPSA) is 102 Å². The Labute approximate surface area is 116 Å². The monoisotopic (exact) mass is 354 g/mol. The number of anilines is 1. The van der Waals surface area contributed by atoms with Crippen LogP contribution >= 0.6 is 22.6 Å². The summed E-state index contributed by atoms with van der Waals surface area (Å²) in [5, 5.41) is 27.0. The number of carbonyl (C=O) groups is 1. The van der Waals surface area contributed by atoms with Crippen molar-refractivity contribution in [1.29, 1.82) is 5.26 Å². The Morgan fingerprint density at radius 3 is 3.00 bits per heavy atom. The van der Waals surface area contributed by atoms with E-state index in [1.807, 2.05) is 28.7 Å². The summed E-state index contributed by atoms with van der Waals surface area (Å²) in [6, 6.07) is 6.46. The zero-order valence-electron chi connectivity index (χ0n) is 8.94. The maximum atomic E-state index is 11.9. The number of nitrogens with one attached hydrogen (secondary N) is 2. The van der Waals surface area contributed by atoms with Gasteiger partial charge in [-0.25, -0.2) is 0 Å². The van der Waals surface area contributed by atoms with Crippen molar-refractivity contribution >= 4 is 34.3 Å². The molecule has 90 valence electrons. The Kier molecular flexibility index (Phi) is 3.47. The van der Waals surface area contributed by atoms with Crippen molar-refractivity contribution in [2.75, 3.05) is 5.32 Å². The van der Waals surface area contributed by atoms with Crippen LogP contribution < -0.4 is 5.32 Å². The molecule has 6 nitrogen and oxygen atoms in total. The number of amides is 1. The van der Waals surface area contributed by atoms with Gasteiger partial charge >= 0.3 is 0 Å². The maximum Gasteiger partial charge on any atom is 0.256 e. The number of H-pyrrole nitrogens is 1. The molecule has 2 rings (SSSR count). The quantitative estimate of drug-likeness (QED) is 0.717. The van der Waals surface area contributed by atoms with Gasteiger partial charge < -0.3 is 10.4 Å². The van der Waals surface area contributed by atoms with E-state index in [4.69, 9.17) is 5.26 Å². The summed E-state index contributed by atoms with van der Waals surface area (Å²) < 4.78 is 0.656. The van der Waals surface area contributed by atoms with Crippen molar-refractivity contribution < 1.29 is 9.90 Å².